The van der Waals surface area contributed by atoms with Crippen molar-refractivity contribution in [1.82, 2.24) is 0 Å². The minimum absolute atomic E-state index is 0.227. The first-order chi connectivity index (χ1) is 13.5. The van der Waals surface area contributed by atoms with Crippen molar-refractivity contribution in [3.05, 3.63) is 89.7 Å². The van der Waals surface area contributed by atoms with Crippen LogP contribution >= 0.6 is 0 Å². The molecule has 0 radical (unpaired) electrons. The zero-order valence-electron chi connectivity index (χ0n) is 14.8. The van der Waals surface area contributed by atoms with Crippen LogP contribution in [0.5, 0.6) is 5.75 Å². The van der Waals surface area contributed by atoms with Crippen molar-refractivity contribution in [2.45, 2.75) is 6.61 Å². The van der Waals surface area contributed by atoms with E-state index in [9.17, 15) is 14.0 Å². The molecule has 0 aliphatic carbocycles. The second kappa shape index (κ2) is 8.68. The van der Waals surface area contributed by atoms with Crippen LogP contribution in [-0.4, -0.2) is 11.9 Å². The highest BCUT2D eigenvalue weighted by Gasteiger charge is 2.08. The number of anilines is 2. The monoisotopic (exact) mass is 379 g/mol. The molecular formula is C21H18FN3O3. The van der Waals surface area contributed by atoms with E-state index in [0.29, 0.717) is 22.7 Å². The molecule has 7 heteroatoms. The summed E-state index contributed by atoms with van der Waals surface area (Å²) in [5, 5.41) is 5.21. The van der Waals surface area contributed by atoms with Crippen molar-refractivity contribution >= 4 is 23.3 Å². The molecule has 0 saturated carbocycles. The lowest BCUT2D eigenvalue weighted by Crippen LogP contribution is -2.19. The third kappa shape index (κ3) is 5.31. The van der Waals surface area contributed by atoms with E-state index in [0.717, 1.165) is 5.56 Å². The molecule has 0 aliphatic rings. The van der Waals surface area contributed by atoms with Gasteiger partial charge in [0.1, 0.15) is 18.2 Å². The van der Waals surface area contributed by atoms with Gasteiger partial charge in [-0.2, -0.15) is 0 Å². The van der Waals surface area contributed by atoms with Crippen LogP contribution in [0.15, 0.2) is 72.8 Å². The number of urea groups is 1. The number of benzene rings is 3. The molecule has 0 saturated heterocycles. The number of ether oxygens (including phenoxy) is 1. The normalized spacial score (nSPS) is 10.2. The van der Waals surface area contributed by atoms with Gasteiger partial charge in [0.2, 0.25) is 0 Å². The lowest BCUT2D eigenvalue weighted by molar-refractivity contribution is 0.102. The number of halogens is 1. The fourth-order valence-electron chi connectivity index (χ4n) is 2.55. The van der Waals surface area contributed by atoms with E-state index in [-0.39, 0.29) is 18.3 Å². The number of rotatable bonds is 6. The Morgan fingerprint density at radius 2 is 1.61 bits per heavy atom. The van der Waals surface area contributed by atoms with Gasteiger partial charge in [0.15, 0.2) is 0 Å². The van der Waals surface area contributed by atoms with Crippen molar-refractivity contribution in [3.8, 4) is 5.75 Å². The van der Waals surface area contributed by atoms with E-state index in [2.05, 4.69) is 10.6 Å². The minimum atomic E-state index is -0.705. The third-order valence-corrected chi connectivity index (χ3v) is 3.78. The molecule has 3 amide bonds. The topological polar surface area (TPSA) is 93.5 Å². The highest BCUT2D eigenvalue weighted by Crippen LogP contribution is 2.18. The number of carbonyl (C=O) groups is 2. The van der Waals surface area contributed by atoms with Gasteiger partial charge >= 0.3 is 6.03 Å². The molecule has 142 valence electrons. The van der Waals surface area contributed by atoms with Gasteiger partial charge in [0, 0.05) is 23.0 Å². The SMILES string of the molecule is NC(=O)Nc1cccc(C(=O)Nc2cccc(COc3cccc(F)c3)c2)c1. The quantitative estimate of drug-likeness (QED) is 0.601. The Kier molecular flexibility index (Phi) is 5.86. The van der Waals surface area contributed by atoms with E-state index in [1.165, 1.54) is 18.2 Å². The fourth-order valence-corrected chi connectivity index (χ4v) is 2.55. The maximum absolute atomic E-state index is 13.2. The van der Waals surface area contributed by atoms with Gasteiger partial charge in [0.25, 0.3) is 5.91 Å². The van der Waals surface area contributed by atoms with Crippen LogP contribution in [0.4, 0.5) is 20.6 Å². The van der Waals surface area contributed by atoms with Crippen LogP contribution in [0, 0.1) is 5.82 Å². The average Bonchev–Trinajstić information content (AvgIpc) is 2.66. The maximum Gasteiger partial charge on any atom is 0.316 e. The number of amides is 3. The zero-order chi connectivity index (χ0) is 19.9. The molecule has 3 rings (SSSR count). The average molecular weight is 379 g/mol. The number of hydrogen-bond donors (Lipinski definition) is 3. The van der Waals surface area contributed by atoms with E-state index in [1.807, 2.05) is 6.07 Å². The van der Waals surface area contributed by atoms with Crippen LogP contribution < -0.4 is 21.1 Å². The zero-order valence-corrected chi connectivity index (χ0v) is 14.8. The number of nitrogens with two attached hydrogens (primary N) is 1. The highest BCUT2D eigenvalue weighted by molar-refractivity contribution is 6.05. The number of carbonyl (C=O) groups excluding carboxylic acids is 2. The van der Waals surface area contributed by atoms with Crippen LogP contribution in [0.25, 0.3) is 0 Å². The van der Waals surface area contributed by atoms with Gasteiger partial charge in [0.05, 0.1) is 0 Å². The summed E-state index contributed by atoms with van der Waals surface area (Å²) in [5.74, 6) is -0.281. The standard InChI is InChI=1S/C21H18FN3O3/c22-16-6-3-9-19(12-16)28-13-14-4-1-7-17(10-14)24-20(26)15-5-2-8-18(11-15)25-21(23)27/h1-12H,13H2,(H,24,26)(H3,23,25,27). The molecular weight excluding hydrogens is 361 g/mol. The molecule has 0 bridgehead atoms. The van der Waals surface area contributed by atoms with Gasteiger partial charge in [-0.05, 0) is 48.0 Å². The minimum Gasteiger partial charge on any atom is -0.489 e. The fraction of sp³-hybridized carbons (Fsp3) is 0.0476. The third-order valence-electron chi connectivity index (χ3n) is 3.78. The summed E-state index contributed by atoms with van der Waals surface area (Å²) in [4.78, 5) is 23.4. The molecule has 0 heterocycles. The molecule has 0 fully saturated rings. The lowest BCUT2D eigenvalue weighted by atomic mass is 10.1. The molecule has 3 aromatic rings. The van der Waals surface area contributed by atoms with E-state index >= 15 is 0 Å². The molecule has 3 aromatic carbocycles. The number of hydrogen-bond acceptors (Lipinski definition) is 3. The Labute approximate surface area is 161 Å². The second-order valence-electron chi connectivity index (χ2n) is 5.97. The first-order valence-corrected chi connectivity index (χ1v) is 8.45. The van der Waals surface area contributed by atoms with E-state index in [1.54, 1.807) is 48.5 Å². The van der Waals surface area contributed by atoms with Gasteiger partial charge < -0.3 is 21.1 Å². The first-order valence-electron chi connectivity index (χ1n) is 8.45. The molecule has 6 nitrogen and oxygen atoms in total. The van der Waals surface area contributed by atoms with Gasteiger partial charge in [-0.15, -0.1) is 0 Å². The molecule has 0 aliphatic heterocycles. The van der Waals surface area contributed by atoms with Gasteiger partial charge in [-0.25, -0.2) is 9.18 Å². The van der Waals surface area contributed by atoms with E-state index in [4.69, 9.17) is 10.5 Å². The molecule has 0 aromatic heterocycles. The summed E-state index contributed by atoms with van der Waals surface area (Å²) in [5.41, 5.74) is 7.28. The van der Waals surface area contributed by atoms with Gasteiger partial charge in [-0.3, -0.25) is 4.79 Å². The Bertz CT molecular complexity index is 1010. The van der Waals surface area contributed by atoms with Crippen molar-refractivity contribution in [2.24, 2.45) is 5.73 Å². The Hall–Kier alpha value is -3.87. The Morgan fingerprint density at radius 1 is 0.893 bits per heavy atom. The van der Waals surface area contributed by atoms with Crippen LogP contribution in [0.3, 0.4) is 0 Å². The van der Waals surface area contributed by atoms with Crippen LogP contribution in [0.1, 0.15) is 15.9 Å². The van der Waals surface area contributed by atoms with Crippen molar-refractivity contribution < 1.29 is 18.7 Å². The van der Waals surface area contributed by atoms with Gasteiger partial charge in [-0.1, -0.05) is 24.3 Å². The second-order valence-corrected chi connectivity index (χ2v) is 5.97. The maximum atomic E-state index is 13.2. The lowest BCUT2D eigenvalue weighted by Gasteiger charge is -2.10. The molecule has 0 unspecified atom stereocenters. The van der Waals surface area contributed by atoms with Crippen LogP contribution in [-0.2, 0) is 6.61 Å². The predicted octanol–water partition coefficient (Wildman–Crippen LogP) is 4.15. The van der Waals surface area contributed by atoms with Crippen molar-refractivity contribution in [1.29, 1.82) is 0 Å². The van der Waals surface area contributed by atoms with Crippen molar-refractivity contribution in [3.63, 3.8) is 0 Å². The van der Waals surface area contributed by atoms with Crippen molar-refractivity contribution in [2.75, 3.05) is 10.6 Å². The molecule has 0 atom stereocenters. The number of primary amides is 1. The Balaban J connectivity index is 1.65. The molecule has 28 heavy (non-hydrogen) atoms. The highest BCUT2D eigenvalue weighted by atomic mass is 19.1. The molecule has 0 spiro atoms. The summed E-state index contributed by atoms with van der Waals surface area (Å²) < 4.78 is 18.8. The molecule has 4 N–H and O–H groups in total. The largest absolute Gasteiger partial charge is 0.489 e. The predicted molar refractivity (Wildman–Crippen MR) is 105 cm³/mol. The first kappa shape index (κ1) is 18.9. The van der Waals surface area contributed by atoms with E-state index < -0.39 is 6.03 Å². The Morgan fingerprint density at radius 3 is 2.36 bits per heavy atom. The summed E-state index contributed by atoms with van der Waals surface area (Å²) in [6.07, 6.45) is 0. The summed E-state index contributed by atoms with van der Waals surface area (Å²) >= 11 is 0. The summed E-state index contributed by atoms with van der Waals surface area (Å²) in [7, 11) is 0. The summed E-state index contributed by atoms with van der Waals surface area (Å²) in [6, 6.07) is 18.7. The van der Waals surface area contributed by atoms with Crippen LogP contribution in [0.2, 0.25) is 0 Å². The summed E-state index contributed by atoms with van der Waals surface area (Å²) in [6.45, 7) is 0.227. The number of nitrogens with one attached hydrogen (secondary N) is 2. The smallest absolute Gasteiger partial charge is 0.316 e.